The van der Waals surface area contributed by atoms with Crippen LogP contribution in [0.3, 0.4) is 0 Å². The number of anilines is 2. The second-order valence-electron chi connectivity index (χ2n) is 7.00. The Morgan fingerprint density at radius 1 is 1.15 bits per heavy atom. The summed E-state index contributed by atoms with van der Waals surface area (Å²) >= 11 is 0. The van der Waals surface area contributed by atoms with Gasteiger partial charge in [-0.3, -0.25) is 9.59 Å². The van der Waals surface area contributed by atoms with E-state index in [1.54, 1.807) is 0 Å². The second-order valence-corrected chi connectivity index (χ2v) is 7.00. The van der Waals surface area contributed by atoms with Crippen LogP contribution in [0.25, 0.3) is 0 Å². The van der Waals surface area contributed by atoms with Gasteiger partial charge in [-0.25, -0.2) is 4.79 Å². The van der Waals surface area contributed by atoms with Crippen LogP contribution in [0.1, 0.15) is 12.8 Å². The van der Waals surface area contributed by atoms with E-state index in [0.29, 0.717) is 39.0 Å². The van der Waals surface area contributed by atoms with Crippen LogP contribution in [-0.2, 0) is 14.3 Å². The zero-order chi connectivity index (χ0) is 19.6. The van der Waals surface area contributed by atoms with E-state index in [0.717, 1.165) is 11.4 Å². The molecule has 0 bridgehead atoms. The predicted molar refractivity (Wildman–Crippen MR) is 98.5 cm³/mol. The highest BCUT2D eigenvalue weighted by Crippen LogP contribution is 2.41. The monoisotopic (exact) mass is 376 g/mol. The van der Waals surface area contributed by atoms with Gasteiger partial charge >= 0.3 is 12.1 Å². The quantitative estimate of drug-likeness (QED) is 0.646. The highest BCUT2D eigenvalue weighted by molar-refractivity contribution is 5.92. The molecule has 4 N–H and O–H groups in total. The number of ether oxygens (including phenoxy) is 1. The molecular formula is C18H24N4O5. The Labute approximate surface area is 157 Å². The number of amides is 2. The summed E-state index contributed by atoms with van der Waals surface area (Å²) in [5.41, 5.74) is 6.34. The predicted octanol–water partition coefficient (Wildman–Crippen LogP) is 0.706. The van der Waals surface area contributed by atoms with Gasteiger partial charge in [0.25, 0.3) is 0 Å². The fraction of sp³-hybridized carbons (Fsp3) is 0.500. The van der Waals surface area contributed by atoms with Crippen molar-refractivity contribution >= 4 is 29.3 Å². The summed E-state index contributed by atoms with van der Waals surface area (Å²) in [7, 11) is 1.33. The number of carboxylic acid groups (broad SMARTS) is 1. The van der Waals surface area contributed by atoms with Crippen LogP contribution in [0.2, 0.25) is 0 Å². The van der Waals surface area contributed by atoms with Gasteiger partial charge < -0.3 is 30.7 Å². The number of benzene rings is 1. The molecule has 2 fully saturated rings. The molecule has 2 amide bonds. The molecule has 0 unspecified atom stereocenters. The Hall–Kier alpha value is -2.97. The lowest BCUT2D eigenvalue weighted by molar-refractivity contribution is -0.152. The molecule has 9 nitrogen and oxygen atoms in total. The molecule has 146 valence electrons. The van der Waals surface area contributed by atoms with Gasteiger partial charge in [0.15, 0.2) is 0 Å². The third-order valence-corrected chi connectivity index (χ3v) is 5.36. The van der Waals surface area contributed by atoms with E-state index in [1.807, 2.05) is 24.3 Å². The molecule has 2 aliphatic rings. The van der Waals surface area contributed by atoms with Crippen molar-refractivity contribution < 1.29 is 24.2 Å². The average Bonchev–Trinajstić information content (AvgIpc) is 2.64. The van der Waals surface area contributed by atoms with E-state index < -0.39 is 17.5 Å². The summed E-state index contributed by atoms with van der Waals surface area (Å²) in [6, 6.07) is 7.55. The maximum absolute atomic E-state index is 11.9. The SMILES string of the molecule is COC(=O)C1CC(Nc2ccc(N3CCN(C(=O)O)CC3)cc2)(C(N)=O)C1. The number of esters is 1. The molecule has 27 heavy (non-hydrogen) atoms. The zero-order valence-corrected chi connectivity index (χ0v) is 15.2. The Morgan fingerprint density at radius 3 is 2.22 bits per heavy atom. The molecule has 1 saturated carbocycles. The van der Waals surface area contributed by atoms with Crippen molar-refractivity contribution in [3.8, 4) is 0 Å². The number of hydrogen-bond donors (Lipinski definition) is 3. The Kier molecular flexibility index (Phi) is 5.11. The van der Waals surface area contributed by atoms with Crippen LogP contribution < -0.4 is 16.0 Å². The number of nitrogens with one attached hydrogen (secondary N) is 1. The van der Waals surface area contributed by atoms with Crippen LogP contribution >= 0.6 is 0 Å². The molecule has 1 aliphatic heterocycles. The number of nitrogens with two attached hydrogens (primary N) is 1. The van der Waals surface area contributed by atoms with Crippen molar-refractivity contribution in [2.45, 2.75) is 18.4 Å². The fourth-order valence-corrected chi connectivity index (χ4v) is 3.67. The van der Waals surface area contributed by atoms with Gasteiger partial charge in [-0.15, -0.1) is 0 Å². The van der Waals surface area contributed by atoms with E-state index >= 15 is 0 Å². The fourth-order valence-electron chi connectivity index (χ4n) is 3.67. The molecule has 1 aromatic rings. The number of piperazine rings is 1. The summed E-state index contributed by atoms with van der Waals surface area (Å²) in [4.78, 5) is 38.0. The number of methoxy groups -OCH3 is 1. The molecule has 0 atom stereocenters. The van der Waals surface area contributed by atoms with Gasteiger partial charge in [0, 0.05) is 37.6 Å². The standard InChI is InChI=1S/C18H24N4O5/c1-27-15(23)12-10-18(11-12,16(19)24)20-13-2-4-14(5-3-13)21-6-8-22(9-7-21)17(25)26/h2-5,12,20H,6-11H2,1H3,(H2,19,24)(H,25,26). The van der Waals surface area contributed by atoms with Gasteiger partial charge in [-0.05, 0) is 37.1 Å². The first-order valence-electron chi connectivity index (χ1n) is 8.83. The largest absolute Gasteiger partial charge is 0.469 e. The summed E-state index contributed by atoms with van der Waals surface area (Å²) in [6.07, 6.45) is -0.265. The Morgan fingerprint density at radius 2 is 1.74 bits per heavy atom. The number of primary amides is 1. The van der Waals surface area contributed by atoms with Crippen molar-refractivity contribution in [3.05, 3.63) is 24.3 Å². The molecule has 1 aromatic carbocycles. The molecule has 0 spiro atoms. The smallest absolute Gasteiger partial charge is 0.407 e. The van der Waals surface area contributed by atoms with Crippen molar-refractivity contribution in [2.75, 3.05) is 43.5 Å². The van der Waals surface area contributed by atoms with Crippen molar-refractivity contribution in [1.82, 2.24) is 4.90 Å². The summed E-state index contributed by atoms with van der Waals surface area (Å²) in [5, 5.41) is 12.2. The molecule has 1 aliphatic carbocycles. The van der Waals surface area contributed by atoms with Crippen LogP contribution in [0.15, 0.2) is 24.3 Å². The van der Waals surface area contributed by atoms with E-state index in [4.69, 9.17) is 15.6 Å². The highest BCUT2D eigenvalue weighted by atomic mass is 16.5. The van der Waals surface area contributed by atoms with E-state index in [-0.39, 0.29) is 11.9 Å². The molecule has 9 heteroatoms. The Bertz CT molecular complexity index is 722. The summed E-state index contributed by atoms with van der Waals surface area (Å²) in [5.74, 6) is -1.14. The molecule has 0 aromatic heterocycles. The minimum absolute atomic E-state index is 0.313. The van der Waals surface area contributed by atoms with Gasteiger partial charge in [0.05, 0.1) is 13.0 Å². The average molecular weight is 376 g/mol. The summed E-state index contributed by atoms with van der Waals surface area (Å²) in [6.45, 7) is 2.19. The lowest BCUT2D eigenvalue weighted by Crippen LogP contribution is -2.61. The first-order valence-corrected chi connectivity index (χ1v) is 8.83. The minimum Gasteiger partial charge on any atom is -0.469 e. The molecule has 1 heterocycles. The maximum Gasteiger partial charge on any atom is 0.407 e. The third kappa shape index (κ3) is 3.76. The summed E-state index contributed by atoms with van der Waals surface area (Å²) < 4.78 is 4.72. The lowest BCUT2D eigenvalue weighted by Gasteiger charge is -2.44. The van der Waals surface area contributed by atoms with Crippen molar-refractivity contribution in [3.63, 3.8) is 0 Å². The van der Waals surface area contributed by atoms with Crippen LogP contribution in [0, 0.1) is 5.92 Å². The number of hydrogen-bond acceptors (Lipinski definition) is 6. The highest BCUT2D eigenvalue weighted by Gasteiger charge is 2.52. The van der Waals surface area contributed by atoms with Crippen LogP contribution in [-0.4, -0.2) is 66.8 Å². The van der Waals surface area contributed by atoms with E-state index in [2.05, 4.69) is 10.2 Å². The van der Waals surface area contributed by atoms with Crippen LogP contribution in [0.5, 0.6) is 0 Å². The first-order chi connectivity index (χ1) is 12.8. The van der Waals surface area contributed by atoms with E-state index in [1.165, 1.54) is 12.0 Å². The van der Waals surface area contributed by atoms with Gasteiger partial charge in [-0.2, -0.15) is 0 Å². The minimum atomic E-state index is -0.937. The number of carbonyl (C=O) groups is 3. The maximum atomic E-state index is 11.9. The van der Waals surface area contributed by atoms with Crippen molar-refractivity contribution in [2.24, 2.45) is 11.7 Å². The lowest BCUT2D eigenvalue weighted by atomic mass is 9.67. The number of carbonyl (C=O) groups excluding carboxylic acids is 2. The number of nitrogens with zero attached hydrogens (tertiary/aromatic N) is 2. The molecule has 0 radical (unpaired) electrons. The normalized spacial score (nSPS) is 24.7. The number of rotatable bonds is 5. The van der Waals surface area contributed by atoms with Crippen molar-refractivity contribution in [1.29, 1.82) is 0 Å². The second kappa shape index (κ2) is 7.34. The van der Waals surface area contributed by atoms with Gasteiger partial charge in [-0.1, -0.05) is 0 Å². The van der Waals surface area contributed by atoms with Crippen LogP contribution in [0.4, 0.5) is 16.2 Å². The molecule has 1 saturated heterocycles. The van der Waals surface area contributed by atoms with Gasteiger partial charge in [0.2, 0.25) is 5.91 Å². The topological polar surface area (TPSA) is 125 Å². The van der Waals surface area contributed by atoms with Gasteiger partial charge in [0.1, 0.15) is 5.54 Å². The van der Waals surface area contributed by atoms with E-state index in [9.17, 15) is 14.4 Å². The molecule has 3 rings (SSSR count). The Balaban J connectivity index is 1.61. The third-order valence-electron chi connectivity index (χ3n) is 5.36. The zero-order valence-electron chi connectivity index (χ0n) is 15.2. The molecular weight excluding hydrogens is 352 g/mol. The first kappa shape index (κ1) is 18.8.